The number of hydrogen-bond acceptors (Lipinski definition) is 3. The molecule has 14 heavy (non-hydrogen) atoms. The third-order valence-corrected chi connectivity index (χ3v) is 1.97. The van der Waals surface area contributed by atoms with Crippen LogP contribution in [0.25, 0.3) is 0 Å². The van der Waals surface area contributed by atoms with Gasteiger partial charge in [-0.05, 0) is 24.1 Å². The lowest BCUT2D eigenvalue weighted by molar-refractivity contribution is -0.139. The highest BCUT2D eigenvalue weighted by Gasteiger charge is 2.08. The first kappa shape index (κ1) is 10.5. The fraction of sp³-hybridized carbons (Fsp3) is 0.300. The van der Waals surface area contributed by atoms with E-state index in [9.17, 15) is 9.18 Å². The highest BCUT2D eigenvalue weighted by Crippen LogP contribution is 2.18. The van der Waals surface area contributed by atoms with Gasteiger partial charge in [-0.2, -0.15) is 0 Å². The van der Waals surface area contributed by atoms with Crippen molar-refractivity contribution in [2.75, 3.05) is 12.8 Å². The molecule has 0 heterocycles. The maximum Gasteiger partial charge on any atom is 0.309 e. The average Bonchev–Trinajstić information content (AvgIpc) is 2.14. The van der Waals surface area contributed by atoms with Crippen molar-refractivity contribution in [3.8, 4) is 0 Å². The molecule has 0 aromatic heterocycles. The van der Waals surface area contributed by atoms with E-state index in [-0.39, 0.29) is 12.1 Å². The minimum absolute atomic E-state index is 0.0640. The Balaban J connectivity index is 2.95. The number of aryl methyl sites for hydroxylation is 1. The van der Waals surface area contributed by atoms with Gasteiger partial charge < -0.3 is 10.5 Å². The van der Waals surface area contributed by atoms with E-state index < -0.39 is 11.8 Å². The van der Waals surface area contributed by atoms with Crippen LogP contribution in [0.1, 0.15) is 11.1 Å². The first-order valence-corrected chi connectivity index (χ1v) is 4.16. The second-order valence-corrected chi connectivity index (χ2v) is 3.06. The zero-order valence-corrected chi connectivity index (χ0v) is 8.13. The molecule has 1 rings (SSSR count). The van der Waals surface area contributed by atoms with E-state index in [0.717, 1.165) is 0 Å². The number of rotatable bonds is 2. The van der Waals surface area contributed by atoms with Crippen molar-refractivity contribution in [2.24, 2.45) is 0 Å². The largest absolute Gasteiger partial charge is 0.469 e. The molecule has 0 atom stereocenters. The van der Waals surface area contributed by atoms with Gasteiger partial charge in [0.1, 0.15) is 5.82 Å². The third kappa shape index (κ3) is 2.22. The predicted molar refractivity (Wildman–Crippen MR) is 51.3 cm³/mol. The standard InChI is InChI=1S/C10H12FNO2/c1-6-3-7(5-9(13)14-2)4-8(11)10(6)12/h3-4H,5,12H2,1-2H3. The van der Waals surface area contributed by atoms with Gasteiger partial charge in [-0.25, -0.2) is 4.39 Å². The van der Waals surface area contributed by atoms with E-state index in [1.807, 2.05) is 0 Å². The van der Waals surface area contributed by atoms with Gasteiger partial charge in [-0.3, -0.25) is 4.79 Å². The molecule has 0 saturated heterocycles. The van der Waals surface area contributed by atoms with Gasteiger partial charge >= 0.3 is 5.97 Å². The zero-order chi connectivity index (χ0) is 10.7. The van der Waals surface area contributed by atoms with Crippen LogP contribution in [0, 0.1) is 12.7 Å². The summed E-state index contributed by atoms with van der Waals surface area (Å²) in [6.45, 7) is 1.69. The summed E-state index contributed by atoms with van der Waals surface area (Å²) in [5.74, 6) is -0.891. The van der Waals surface area contributed by atoms with Crippen molar-refractivity contribution in [2.45, 2.75) is 13.3 Å². The van der Waals surface area contributed by atoms with Crippen LogP contribution in [0.3, 0.4) is 0 Å². The van der Waals surface area contributed by atoms with Gasteiger partial charge in [0, 0.05) is 0 Å². The van der Waals surface area contributed by atoms with Gasteiger partial charge in [-0.15, -0.1) is 0 Å². The van der Waals surface area contributed by atoms with Crippen LogP contribution in [-0.2, 0) is 16.0 Å². The second-order valence-electron chi connectivity index (χ2n) is 3.06. The molecule has 0 radical (unpaired) electrons. The topological polar surface area (TPSA) is 52.3 Å². The molecular weight excluding hydrogens is 185 g/mol. The Labute approximate surface area is 81.7 Å². The predicted octanol–water partition coefficient (Wildman–Crippen LogP) is 1.43. The number of hydrogen-bond donors (Lipinski definition) is 1. The number of carbonyl (C=O) groups is 1. The van der Waals surface area contributed by atoms with Crippen molar-refractivity contribution in [3.63, 3.8) is 0 Å². The molecule has 4 heteroatoms. The molecular formula is C10H12FNO2. The fourth-order valence-corrected chi connectivity index (χ4v) is 1.17. The Morgan fingerprint density at radius 1 is 1.57 bits per heavy atom. The van der Waals surface area contributed by atoms with Crippen LogP contribution >= 0.6 is 0 Å². The van der Waals surface area contributed by atoms with Gasteiger partial charge in [0.05, 0.1) is 19.2 Å². The van der Waals surface area contributed by atoms with Crippen LogP contribution in [-0.4, -0.2) is 13.1 Å². The van der Waals surface area contributed by atoms with E-state index >= 15 is 0 Å². The van der Waals surface area contributed by atoms with Crippen molar-refractivity contribution >= 4 is 11.7 Å². The molecule has 0 unspecified atom stereocenters. The lowest BCUT2D eigenvalue weighted by Gasteiger charge is -2.05. The summed E-state index contributed by atoms with van der Waals surface area (Å²) in [5, 5.41) is 0. The molecule has 0 spiro atoms. The molecule has 1 aromatic carbocycles. The molecule has 0 saturated carbocycles. The Morgan fingerprint density at radius 2 is 2.21 bits per heavy atom. The van der Waals surface area contributed by atoms with Crippen molar-refractivity contribution in [1.29, 1.82) is 0 Å². The Morgan fingerprint density at radius 3 is 2.71 bits per heavy atom. The third-order valence-electron chi connectivity index (χ3n) is 1.97. The molecule has 0 amide bonds. The number of nitrogen functional groups attached to an aromatic ring is 1. The van der Waals surface area contributed by atoms with Crippen molar-refractivity contribution < 1.29 is 13.9 Å². The number of methoxy groups -OCH3 is 1. The number of halogens is 1. The molecule has 0 bridgehead atoms. The molecule has 0 aliphatic carbocycles. The average molecular weight is 197 g/mol. The highest BCUT2D eigenvalue weighted by atomic mass is 19.1. The molecule has 0 aliphatic rings. The molecule has 0 aliphatic heterocycles. The highest BCUT2D eigenvalue weighted by molar-refractivity contribution is 5.72. The zero-order valence-electron chi connectivity index (χ0n) is 8.13. The van der Waals surface area contributed by atoms with E-state index in [0.29, 0.717) is 11.1 Å². The summed E-state index contributed by atoms with van der Waals surface area (Å²) in [6, 6.07) is 2.93. The van der Waals surface area contributed by atoms with Crippen LogP contribution in [0.4, 0.5) is 10.1 Å². The molecule has 2 N–H and O–H groups in total. The number of esters is 1. The molecule has 3 nitrogen and oxygen atoms in total. The smallest absolute Gasteiger partial charge is 0.309 e. The van der Waals surface area contributed by atoms with Crippen LogP contribution in [0.2, 0.25) is 0 Å². The summed E-state index contributed by atoms with van der Waals surface area (Å²) in [4.78, 5) is 10.9. The SMILES string of the molecule is COC(=O)Cc1cc(C)c(N)c(F)c1. The quantitative estimate of drug-likeness (QED) is 0.576. The number of carbonyl (C=O) groups excluding carboxylic acids is 1. The first-order valence-electron chi connectivity index (χ1n) is 4.16. The minimum atomic E-state index is -0.496. The van der Waals surface area contributed by atoms with Crippen molar-refractivity contribution in [1.82, 2.24) is 0 Å². The Hall–Kier alpha value is -1.58. The summed E-state index contributed by atoms with van der Waals surface area (Å²) in [7, 11) is 1.29. The van der Waals surface area contributed by atoms with Gasteiger partial charge in [0.25, 0.3) is 0 Å². The maximum absolute atomic E-state index is 13.1. The second kappa shape index (κ2) is 4.09. The van der Waals surface area contributed by atoms with E-state index in [4.69, 9.17) is 5.73 Å². The van der Waals surface area contributed by atoms with E-state index in [1.54, 1.807) is 13.0 Å². The molecule has 76 valence electrons. The normalized spacial score (nSPS) is 9.93. The number of benzene rings is 1. The summed E-state index contributed by atoms with van der Waals surface area (Å²) < 4.78 is 17.6. The van der Waals surface area contributed by atoms with Crippen LogP contribution < -0.4 is 5.73 Å². The lowest BCUT2D eigenvalue weighted by atomic mass is 10.1. The first-order chi connectivity index (χ1) is 6.54. The van der Waals surface area contributed by atoms with E-state index in [1.165, 1.54) is 13.2 Å². The van der Waals surface area contributed by atoms with Crippen molar-refractivity contribution in [3.05, 3.63) is 29.1 Å². The minimum Gasteiger partial charge on any atom is -0.469 e. The number of nitrogens with two attached hydrogens (primary N) is 1. The summed E-state index contributed by atoms with van der Waals surface area (Å²) in [6.07, 6.45) is 0.0640. The van der Waals surface area contributed by atoms with Gasteiger partial charge in [-0.1, -0.05) is 6.07 Å². The maximum atomic E-state index is 13.1. The monoisotopic (exact) mass is 197 g/mol. The lowest BCUT2D eigenvalue weighted by Crippen LogP contribution is -2.06. The van der Waals surface area contributed by atoms with Gasteiger partial charge in [0.15, 0.2) is 0 Å². The number of ether oxygens (including phenoxy) is 1. The molecule has 1 aromatic rings. The fourth-order valence-electron chi connectivity index (χ4n) is 1.17. The summed E-state index contributed by atoms with van der Waals surface area (Å²) in [5.41, 5.74) is 6.75. The Bertz CT molecular complexity index is 340. The Kier molecular flexibility index (Phi) is 3.06. The summed E-state index contributed by atoms with van der Waals surface area (Å²) >= 11 is 0. The van der Waals surface area contributed by atoms with E-state index in [2.05, 4.69) is 4.74 Å². The molecule has 0 fully saturated rings. The van der Waals surface area contributed by atoms with Gasteiger partial charge in [0.2, 0.25) is 0 Å². The number of anilines is 1. The van der Waals surface area contributed by atoms with Crippen LogP contribution in [0.5, 0.6) is 0 Å². The van der Waals surface area contributed by atoms with Crippen LogP contribution in [0.15, 0.2) is 12.1 Å².